The molecular formula is C37H48O13. The highest BCUT2D eigenvalue weighted by Gasteiger charge is 3.03. The predicted octanol–water partition coefficient (Wildman–Crippen LogP) is 4.54. The molecule has 13 heteroatoms. The number of carbonyl (C=O) groups excluding carboxylic acids is 5. The van der Waals surface area contributed by atoms with E-state index in [1.54, 1.807) is 47.6 Å². The number of hydrogen-bond donors (Lipinski definition) is 0. The molecule has 1 aromatic heterocycles. The zero-order chi connectivity index (χ0) is 36.6. The highest BCUT2D eigenvalue weighted by Crippen LogP contribution is 2.88. The number of ketones is 1. The second kappa shape index (κ2) is 10.6. The molecule has 0 aromatic carbocycles. The average molecular weight is 701 g/mol. The fourth-order valence-corrected chi connectivity index (χ4v) is 11.7. The highest BCUT2D eigenvalue weighted by molar-refractivity contribution is 6.00. The fourth-order valence-electron chi connectivity index (χ4n) is 11.7. The van der Waals surface area contributed by atoms with Crippen molar-refractivity contribution in [2.75, 3.05) is 7.11 Å². The molecule has 2 spiro atoms. The van der Waals surface area contributed by atoms with Gasteiger partial charge < -0.3 is 37.6 Å². The van der Waals surface area contributed by atoms with E-state index in [2.05, 4.69) is 0 Å². The van der Waals surface area contributed by atoms with Crippen LogP contribution in [0.15, 0.2) is 23.0 Å². The van der Waals surface area contributed by atoms with E-state index in [9.17, 15) is 24.0 Å². The Labute approximate surface area is 291 Å². The van der Waals surface area contributed by atoms with Crippen LogP contribution in [0.4, 0.5) is 0 Å². The maximum atomic E-state index is 14.5. The second-order valence-electron chi connectivity index (χ2n) is 16.7. The van der Waals surface area contributed by atoms with E-state index in [0.29, 0.717) is 5.56 Å². The lowest BCUT2D eigenvalue weighted by Gasteiger charge is -2.75. The number of furan rings is 1. The number of ether oxygens (including phenoxy) is 7. The largest absolute Gasteiger partial charge is 0.472 e. The van der Waals surface area contributed by atoms with Gasteiger partial charge in [0.1, 0.15) is 23.1 Å². The first-order chi connectivity index (χ1) is 23.3. The summed E-state index contributed by atoms with van der Waals surface area (Å²) in [5.74, 6) is -5.50. The molecule has 6 aliphatic rings. The summed E-state index contributed by atoms with van der Waals surface area (Å²) < 4.78 is 51.1. The summed E-state index contributed by atoms with van der Waals surface area (Å²) in [6, 6.07) is 1.56. The van der Waals surface area contributed by atoms with E-state index in [1.807, 2.05) is 20.8 Å². The minimum absolute atomic E-state index is 0.114. The van der Waals surface area contributed by atoms with E-state index >= 15 is 0 Å². The molecule has 274 valence electrons. The fraction of sp³-hybridized carbons (Fsp3) is 0.757. The van der Waals surface area contributed by atoms with Gasteiger partial charge in [-0.05, 0) is 24.8 Å². The summed E-state index contributed by atoms with van der Waals surface area (Å²) >= 11 is 0. The first-order valence-corrected chi connectivity index (χ1v) is 17.6. The Hall–Kier alpha value is -3.29. The standard InChI is InChI=1S/C37H48O13/c1-11-34-33(9)22(15-23(38)43-10)32(8)17-35(33)37(47-27(42)19(4)5,28(32)46-26(41)18(2)3)29-36(34,50-30(48-34)49-35)21(14-24(39)45-29)31(6,7)25(40)20-12-13-44-16-20/h12-13,16,18-19,21-22,28-30H,11,14-15,17H2,1-10H3. The van der Waals surface area contributed by atoms with Crippen LogP contribution in [0.2, 0.25) is 0 Å². The maximum absolute atomic E-state index is 14.5. The lowest BCUT2D eigenvalue weighted by Crippen LogP contribution is -2.93. The number of hydrogen-bond acceptors (Lipinski definition) is 13. The van der Waals surface area contributed by atoms with Crippen molar-refractivity contribution >= 4 is 29.7 Å². The van der Waals surface area contributed by atoms with Gasteiger partial charge in [-0.1, -0.05) is 62.3 Å². The molecule has 7 rings (SSSR count). The van der Waals surface area contributed by atoms with Gasteiger partial charge in [0.05, 0.1) is 37.2 Å². The third-order valence-corrected chi connectivity index (χ3v) is 13.6. The van der Waals surface area contributed by atoms with Crippen molar-refractivity contribution in [3.8, 4) is 0 Å². The zero-order valence-electron chi connectivity index (χ0n) is 30.4. The van der Waals surface area contributed by atoms with Crippen LogP contribution in [0.1, 0.15) is 98.4 Å². The van der Waals surface area contributed by atoms with Gasteiger partial charge in [-0.25, -0.2) is 0 Å². The predicted molar refractivity (Wildman–Crippen MR) is 170 cm³/mol. The second-order valence-corrected chi connectivity index (χ2v) is 16.7. The van der Waals surface area contributed by atoms with Crippen LogP contribution in [0, 0.1) is 39.9 Å². The summed E-state index contributed by atoms with van der Waals surface area (Å²) in [5, 5.41) is 0. The topological polar surface area (TPSA) is 163 Å². The van der Waals surface area contributed by atoms with Gasteiger partial charge in [0, 0.05) is 28.6 Å². The SMILES string of the molecule is CCC12OC3OC14C(C(C)(C)C(=O)c1ccoc1)CC(=O)OC4C1(OC(=O)C(C)C)C(OC(=O)C(C)C)C4(C)CC1(O3)C2(C)C4CC(=O)OC. The maximum Gasteiger partial charge on any atom is 0.309 e. The van der Waals surface area contributed by atoms with Gasteiger partial charge in [-0.15, -0.1) is 0 Å². The Kier molecular flexibility index (Phi) is 7.47. The van der Waals surface area contributed by atoms with Gasteiger partial charge in [-0.2, -0.15) is 0 Å². The number of rotatable bonds is 10. The van der Waals surface area contributed by atoms with E-state index in [4.69, 9.17) is 37.6 Å². The molecule has 1 aromatic rings. The number of esters is 4. The number of carbonyl (C=O) groups is 5. The van der Waals surface area contributed by atoms with Crippen molar-refractivity contribution in [2.45, 2.75) is 129 Å². The molecule has 11 atom stereocenters. The first-order valence-electron chi connectivity index (χ1n) is 17.6. The van der Waals surface area contributed by atoms with Gasteiger partial charge >= 0.3 is 23.9 Å². The van der Waals surface area contributed by atoms with Crippen LogP contribution < -0.4 is 0 Å². The van der Waals surface area contributed by atoms with Crippen molar-refractivity contribution in [1.82, 2.24) is 0 Å². The summed E-state index contributed by atoms with van der Waals surface area (Å²) in [5.41, 5.74) is -9.96. The summed E-state index contributed by atoms with van der Waals surface area (Å²) in [4.78, 5) is 69.8. The van der Waals surface area contributed by atoms with Crippen LogP contribution in [0.5, 0.6) is 0 Å². The molecule has 0 N–H and O–H groups in total. The molecule has 3 saturated heterocycles. The van der Waals surface area contributed by atoms with Crippen molar-refractivity contribution < 1.29 is 61.5 Å². The zero-order valence-corrected chi connectivity index (χ0v) is 30.4. The summed E-state index contributed by atoms with van der Waals surface area (Å²) in [7, 11) is 1.31. The Morgan fingerprint density at radius 1 is 1.02 bits per heavy atom. The van der Waals surface area contributed by atoms with E-state index in [-0.39, 0.29) is 31.5 Å². The molecule has 0 amide bonds. The molecule has 11 unspecified atom stereocenters. The number of Topliss-reactive ketones (excluding diaryl/α,β-unsaturated/α-hetero) is 1. The third-order valence-electron chi connectivity index (χ3n) is 13.6. The molecular weight excluding hydrogens is 652 g/mol. The Morgan fingerprint density at radius 3 is 2.28 bits per heavy atom. The van der Waals surface area contributed by atoms with E-state index in [1.165, 1.54) is 19.6 Å². The van der Waals surface area contributed by atoms with Crippen LogP contribution >= 0.6 is 0 Å². The lowest BCUT2D eigenvalue weighted by molar-refractivity contribution is -0.445. The van der Waals surface area contributed by atoms with E-state index in [0.717, 1.165) is 0 Å². The molecule has 3 saturated carbocycles. The normalized spacial score (nSPS) is 43.5. The van der Waals surface area contributed by atoms with Crippen molar-refractivity contribution in [1.29, 1.82) is 0 Å². The number of fused-ring (bicyclic) bond motifs is 3. The van der Waals surface area contributed by atoms with Crippen LogP contribution in [0.25, 0.3) is 0 Å². The van der Waals surface area contributed by atoms with Crippen LogP contribution in [-0.2, 0) is 52.3 Å². The summed E-state index contributed by atoms with van der Waals surface area (Å²) in [6.45, 7) is 14.7. The van der Waals surface area contributed by atoms with Gasteiger partial charge in [-0.3, -0.25) is 24.0 Å². The quantitative estimate of drug-likeness (QED) is 0.190. The van der Waals surface area contributed by atoms with Crippen LogP contribution in [0.3, 0.4) is 0 Å². The van der Waals surface area contributed by atoms with Gasteiger partial charge in [0.2, 0.25) is 5.60 Å². The van der Waals surface area contributed by atoms with Crippen molar-refractivity contribution in [3.63, 3.8) is 0 Å². The molecule has 4 bridgehead atoms. The summed E-state index contributed by atoms with van der Waals surface area (Å²) in [6.07, 6.45) is 0.0963. The van der Waals surface area contributed by atoms with E-state index < -0.39 is 105 Å². The van der Waals surface area contributed by atoms with Gasteiger partial charge in [0.25, 0.3) is 6.48 Å². The molecule has 0 radical (unpaired) electrons. The Balaban J connectivity index is 1.59. The van der Waals surface area contributed by atoms with Crippen molar-refractivity contribution in [3.05, 3.63) is 24.2 Å². The van der Waals surface area contributed by atoms with Gasteiger partial charge in [0.15, 0.2) is 18.0 Å². The molecule has 3 aliphatic heterocycles. The molecule has 6 fully saturated rings. The molecule has 50 heavy (non-hydrogen) atoms. The first kappa shape index (κ1) is 35.1. The van der Waals surface area contributed by atoms with Crippen LogP contribution in [-0.4, -0.2) is 77.9 Å². The smallest absolute Gasteiger partial charge is 0.309 e. The van der Waals surface area contributed by atoms with Crippen molar-refractivity contribution in [2.24, 2.45) is 39.9 Å². The minimum atomic E-state index is -1.98. The molecule has 3 aliphatic carbocycles. The average Bonchev–Trinajstić information content (AvgIpc) is 3.76. The lowest BCUT2D eigenvalue weighted by atomic mass is 9.35. The molecule has 4 heterocycles. The molecule has 13 nitrogen and oxygen atoms in total. The Morgan fingerprint density at radius 2 is 1.70 bits per heavy atom. The number of methoxy groups -OCH3 is 1. The monoisotopic (exact) mass is 700 g/mol. The Bertz CT molecular complexity index is 1650. The highest BCUT2D eigenvalue weighted by atomic mass is 16.9. The third kappa shape index (κ3) is 3.66. The minimum Gasteiger partial charge on any atom is -0.472 e.